The van der Waals surface area contributed by atoms with Gasteiger partial charge in [-0.2, -0.15) is 0 Å². The molecule has 0 amide bonds. The Balaban J connectivity index is 1.45. The molecule has 0 fully saturated rings. The summed E-state index contributed by atoms with van der Waals surface area (Å²) in [6, 6.07) is 38.1. The van der Waals surface area contributed by atoms with Crippen molar-refractivity contribution in [3.05, 3.63) is 128 Å². The van der Waals surface area contributed by atoms with E-state index in [1.54, 1.807) is 0 Å². The summed E-state index contributed by atoms with van der Waals surface area (Å²) >= 11 is 0. The summed E-state index contributed by atoms with van der Waals surface area (Å²) in [6.45, 7) is 0. The van der Waals surface area contributed by atoms with Crippen molar-refractivity contribution in [3.63, 3.8) is 0 Å². The van der Waals surface area contributed by atoms with Crippen LogP contribution in [-0.4, -0.2) is 24.1 Å². The fourth-order valence-corrected chi connectivity index (χ4v) is 5.57. The van der Waals surface area contributed by atoms with Gasteiger partial charge in [0, 0.05) is 35.4 Å². The van der Waals surface area contributed by atoms with Gasteiger partial charge in [-0.1, -0.05) is 48.5 Å². The predicted octanol–water partition coefficient (Wildman–Crippen LogP) is 7.73. The van der Waals surface area contributed by atoms with Crippen LogP contribution in [0.5, 0.6) is 0 Å². The molecule has 5 aromatic heterocycles. The van der Waals surface area contributed by atoms with E-state index in [1.165, 1.54) is 0 Å². The van der Waals surface area contributed by atoms with Crippen molar-refractivity contribution >= 4 is 44.0 Å². The second-order valence-corrected chi connectivity index (χ2v) is 9.40. The Morgan fingerprint density at radius 2 is 1.11 bits per heavy atom. The van der Waals surface area contributed by atoms with Crippen molar-refractivity contribution < 1.29 is 0 Å². The number of para-hydroxylation sites is 2. The largest absolute Gasteiger partial charge is 0.308 e. The fourth-order valence-electron chi connectivity index (χ4n) is 5.57. The third-order valence-corrected chi connectivity index (χ3v) is 7.27. The molecule has 0 aliphatic carbocycles. The van der Waals surface area contributed by atoms with Crippen molar-refractivity contribution in [1.29, 1.82) is 0 Å². The topological polar surface area (TPSA) is 48.5 Å². The van der Waals surface area contributed by atoms with Crippen LogP contribution in [0.15, 0.2) is 128 Å². The molecule has 0 aliphatic rings. The molecule has 0 aliphatic heterocycles. The zero-order chi connectivity index (χ0) is 25.1. The van der Waals surface area contributed by atoms with E-state index in [4.69, 9.17) is 9.97 Å². The third kappa shape index (κ3) is 3.02. The van der Waals surface area contributed by atoms with Gasteiger partial charge < -0.3 is 9.13 Å². The highest BCUT2D eigenvalue weighted by molar-refractivity contribution is 6.14. The first-order valence-corrected chi connectivity index (χ1v) is 12.6. The molecule has 5 nitrogen and oxygen atoms in total. The molecule has 5 heterocycles. The highest BCUT2D eigenvalue weighted by Crippen LogP contribution is 2.37. The smallest absolute Gasteiger partial charge is 0.116 e. The van der Waals surface area contributed by atoms with Crippen molar-refractivity contribution in [1.82, 2.24) is 24.1 Å². The quantitative estimate of drug-likeness (QED) is 0.256. The molecule has 8 rings (SSSR count). The van der Waals surface area contributed by atoms with E-state index < -0.39 is 0 Å². The Morgan fingerprint density at radius 3 is 1.95 bits per heavy atom. The summed E-state index contributed by atoms with van der Waals surface area (Å²) in [5.41, 5.74) is 11.5. The lowest BCUT2D eigenvalue weighted by molar-refractivity contribution is 1.16. The molecule has 0 radical (unpaired) electrons. The molecule has 38 heavy (non-hydrogen) atoms. The van der Waals surface area contributed by atoms with Gasteiger partial charge in [0.15, 0.2) is 0 Å². The molecule has 0 saturated carbocycles. The minimum Gasteiger partial charge on any atom is -0.308 e. The lowest BCUT2D eigenvalue weighted by Crippen LogP contribution is -1.96. The first-order chi connectivity index (χ1) is 18.9. The Bertz CT molecular complexity index is 2110. The lowest BCUT2D eigenvalue weighted by atomic mass is 10.1. The first kappa shape index (κ1) is 20.9. The SMILES string of the molecule is c1ccc(-n2c3ccccc3c3nc4c5ncccc5n(-c5ccc(-c6ccncc6)cc5)c4cc32)cc1. The number of rotatable bonds is 3. The minimum absolute atomic E-state index is 0.902. The van der Waals surface area contributed by atoms with E-state index in [2.05, 4.69) is 99.0 Å². The molecule has 3 aromatic carbocycles. The van der Waals surface area contributed by atoms with Crippen LogP contribution in [0.25, 0.3) is 66.5 Å². The molecule has 8 aromatic rings. The average Bonchev–Trinajstić information content (AvgIpc) is 3.49. The summed E-state index contributed by atoms with van der Waals surface area (Å²) in [6.07, 6.45) is 5.49. The Kier molecular flexibility index (Phi) is 4.45. The number of hydrogen-bond donors (Lipinski definition) is 0. The van der Waals surface area contributed by atoms with Crippen LogP contribution in [0, 0.1) is 0 Å². The number of aromatic nitrogens is 5. The highest BCUT2D eigenvalue weighted by atomic mass is 15.0. The summed E-state index contributed by atoms with van der Waals surface area (Å²) in [4.78, 5) is 14.2. The summed E-state index contributed by atoms with van der Waals surface area (Å²) in [5, 5.41) is 1.13. The fraction of sp³-hybridized carbons (Fsp3) is 0. The third-order valence-electron chi connectivity index (χ3n) is 7.27. The van der Waals surface area contributed by atoms with Gasteiger partial charge in [-0.25, -0.2) is 4.98 Å². The van der Waals surface area contributed by atoms with Gasteiger partial charge >= 0.3 is 0 Å². The van der Waals surface area contributed by atoms with E-state index in [0.29, 0.717) is 0 Å². The predicted molar refractivity (Wildman–Crippen MR) is 154 cm³/mol. The maximum absolute atomic E-state index is 5.28. The van der Waals surface area contributed by atoms with Gasteiger partial charge in [-0.15, -0.1) is 0 Å². The number of pyridine rings is 3. The summed E-state index contributed by atoms with van der Waals surface area (Å²) in [7, 11) is 0. The van der Waals surface area contributed by atoms with Crippen LogP contribution in [0.1, 0.15) is 0 Å². The minimum atomic E-state index is 0.902. The van der Waals surface area contributed by atoms with Crippen LogP contribution >= 0.6 is 0 Å². The van der Waals surface area contributed by atoms with E-state index in [1.807, 2.05) is 42.9 Å². The number of benzene rings is 3. The lowest BCUT2D eigenvalue weighted by Gasteiger charge is -2.10. The van der Waals surface area contributed by atoms with Gasteiger partial charge in [-0.05, 0) is 71.8 Å². The van der Waals surface area contributed by atoms with Gasteiger partial charge in [0.05, 0.1) is 27.6 Å². The van der Waals surface area contributed by atoms with E-state index in [0.717, 1.165) is 66.5 Å². The molecule has 0 atom stereocenters. The maximum Gasteiger partial charge on any atom is 0.116 e. The zero-order valence-electron chi connectivity index (χ0n) is 20.4. The monoisotopic (exact) mass is 487 g/mol. The van der Waals surface area contributed by atoms with Crippen LogP contribution < -0.4 is 0 Å². The molecular formula is C33H21N5. The number of fused-ring (bicyclic) bond motifs is 6. The molecule has 0 saturated heterocycles. The van der Waals surface area contributed by atoms with Gasteiger partial charge in [-0.3, -0.25) is 9.97 Å². The van der Waals surface area contributed by atoms with Gasteiger partial charge in [0.1, 0.15) is 11.0 Å². The van der Waals surface area contributed by atoms with Crippen molar-refractivity contribution in [3.8, 4) is 22.5 Å². The van der Waals surface area contributed by atoms with Crippen molar-refractivity contribution in [2.75, 3.05) is 0 Å². The summed E-state index contributed by atoms with van der Waals surface area (Å²) in [5.74, 6) is 0. The van der Waals surface area contributed by atoms with E-state index in [9.17, 15) is 0 Å². The van der Waals surface area contributed by atoms with Crippen molar-refractivity contribution in [2.45, 2.75) is 0 Å². The van der Waals surface area contributed by atoms with E-state index >= 15 is 0 Å². The van der Waals surface area contributed by atoms with Crippen molar-refractivity contribution in [2.24, 2.45) is 0 Å². The molecule has 0 bridgehead atoms. The van der Waals surface area contributed by atoms with Crippen LogP contribution in [0.3, 0.4) is 0 Å². The van der Waals surface area contributed by atoms with Crippen LogP contribution in [0.4, 0.5) is 0 Å². The molecule has 0 spiro atoms. The molecule has 5 heteroatoms. The average molecular weight is 488 g/mol. The molecular weight excluding hydrogens is 466 g/mol. The zero-order valence-corrected chi connectivity index (χ0v) is 20.4. The van der Waals surface area contributed by atoms with E-state index in [-0.39, 0.29) is 0 Å². The Labute approximate surface area is 218 Å². The van der Waals surface area contributed by atoms with Gasteiger partial charge in [0.25, 0.3) is 0 Å². The first-order valence-electron chi connectivity index (χ1n) is 12.6. The standard InChI is InChI=1S/C33H21N5/c1-2-7-24(8-3-1)37-27-10-5-4-9-26(27)31-29(37)21-30-33(36-31)32-28(11-6-18-35-32)38(30)25-14-12-22(13-15-25)23-16-19-34-20-17-23/h1-21H. The molecule has 178 valence electrons. The Hall–Kier alpha value is -5.29. The number of hydrogen-bond acceptors (Lipinski definition) is 3. The maximum atomic E-state index is 5.28. The highest BCUT2D eigenvalue weighted by Gasteiger charge is 2.20. The Morgan fingerprint density at radius 1 is 0.447 bits per heavy atom. The second-order valence-electron chi connectivity index (χ2n) is 9.40. The number of nitrogens with zero attached hydrogens (tertiary/aromatic N) is 5. The summed E-state index contributed by atoms with van der Waals surface area (Å²) < 4.78 is 4.58. The van der Waals surface area contributed by atoms with Gasteiger partial charge in [0.2, 0.25) is 0 Å². The molecule has 0 unspecified atom stereocenters. The normalized spacial score (nSPS) is 11.7. The second kappa shape index (κ2) is 8.11. The molecule has 0 N–H and O–H groups in total. The van der Waals surface area contributed by atoms with Crippen LogP contribution in [0.2, 0.25) is 0 Å². The van der Waals surface area contributed by atoms with Crippen LogP contribution in [-0.2, 0) is 0 Å².